The third kappa shape index (κ3) is 18.7. The van der Waals surface area contributed by atoms with Crippen LogP contribution in [0.1, 0.15) is 53.0 Å². The van der Waals surface area contributed by atoms with Gasteiger partial charge in [0.15, 0.2) is 0 Å². The van der Waals surface area contributed by atoms with E-state index >= 15 is 0 Å². The molecule has 1 rings (SSSR count). The van der Waals surface area contributed by atoms with Crippen LogP contribution in [0.3, 0.4) is 0 Å². The second-order valence-corrected chi connectivity index (χ2v) is 13.5. The minimum atomic E-state index is -1.10. The van der Waals surface area contributed by atoms with Crippen molar-refractivity contribution in [1.29, 1.82) is 0 Å². The predicted molar refractivity (Wildman–Crippen MR) is 166 cm³/mol. The van der Waals surface area contributed by atoms with Crippen LogP contribution in [-0.2, 0) is 35.0 Å². The van der Waals surface area contributed by atoms with Crippen molar-refractivity contribution in [1.82, 2.24) is 10.6 Å². The highest BCUT2D eigenvalue weighted by atomic mass is 33.1. The zero-order chi connectivity index (χ0) is 30.7. The van der Waals surface area contributed by atoms with Crippen molar-refractivity contribution < 1.29 is 38.1 Å². The Labute approximate surface area is 255 Å². The average Bonchev–Trinajstić information content (AvgIpc) is 2.88. The molecule has 0 saturated heterocycles. The summed E-state index contributed by atoms with van der Waals surface area (Å²) in [5.41, 5.74) is 0.464. The topological polar surface area (TPSA) is 129 Å². The van der Waals surface area contributed by atoms with Crippen molar-refractivity contribution in [2.45, 2.75) is 71.8 Å². The van der Waals surface area contributed by atoms with E-state index in [2.05, 4.69) is 15.4 Å². The molecule has 0 spiro atoms. The molecule has 0 aliphatic carbocycles. The molecule has 0 heterocycles. The van der Waals surface area contributed by atoms with Crippen molar-refractivity contribution in [3.63, 3.8) is 0 Å². The molecule has 2 amide bonds. The van der Waals surface area contributed by atoms with E-state index < -0.39 is 30.1 Å². The third-order valence-electron chi connectivity index (χ3n) is 5.16. The van der Waals surface area contributed by atoms with Crippen LogP contribution in [0.25, 0.3) is 0 Å². The smallest absolute Gasteiger partial charge is 0.444 e. The highest BCUT2D eigenvalue weighted by Gasteiger charge is 2.22. The first-order valence-corrected chi connectivity index (χ1v) is 17.4. The molecule has 41 heavy (non-hydrogen) atoms. The van der Waals surface area contributed by atoms with Gasteiger partial charge >= 0.3 is 18.2 Å². The van der Waals surface area contributed by atoms with Gasteiger partial charge in [-0.3, -0.25) is 9.59 Å². The number of alkyl carbamates (subject to hydrolysis) is 1. The van der Waals surface area contributed by atoms with Gasteiger partial charge < -0.3 is 29.6 Å². The van der Waals surface area contributed by atoms with Crippen molar-refractivity contribution in [2.24, 2.45) is 5.92 Å². The van der Waals surface area contributed by atoms with E-state index in [1.807, 2.05) is 57.4 Å². The van der Waals surface area contributed by atoms with Crippen LogP contribution >= 0.6 is 33.3 Å². The molecule has 0 saturated carbocycles. The molecule has 1 aromatic carbocycles. The van der Waals surface area contributed by atoms with E-state index in [1.165, 1.54) is 6.92 Å². The Balaban J connectivity index is 2.61. The summed E-state index contributed by atoms with van der Waals surface area (Å²) in [7, 11) is 3.18. The lowest BCUT2D eigenvalue weighted by Crippen LogP contribution is -2.40. The number of hydrogen-bond donors (Lipinski definition) is 2. The summed E-state index contributed by atoms with van der Waals surface area (Å²) < 4.78 is 19.9. The molecule has 0 bridgehead atoms. The lowest BCUT2D eigenvalue weighted by atomic mass is 10.0. The summed E-state index contributed by atoms with van der Waals surface area (Å²) in [5.74, 6) is 1.00. The van der Waals surface area contributed by atoms with Crippen LogP contribution < -0.4 is 10.6 Å². The molecule has 232 valence electrons. The molecule has 0 radical (unpaired) electrons. The standard InChI is InChI=1S/C28H44N2O8S3/c1-7-35-27(34)37-20(2)36-24(31)13-15-29-25(32)22(17-21-11-9-8-10-12-21)18-40-41-19-23(14-16-39-6)30-26(33)38-28(3,4)5/h8-12,20,22-23H,7,13-19H2,1-6H3,(H,29,32)(H,30,33)/t20?,22-,23+/m1/s1. The van der Waals surface area contributed by atoms with Crippen LogP contribution in [0.15, 0.2) is 30.3 Å². The maximum absolute atomic E-state index is 13.1. The number of esters is 1. The number of ether oxygens (including phenoxy) is 4. The Hall–Kier alpha value is -2.25. The summed E-state index contributed by atoms with van der Waals surface area (Å²) >= 11 is 1.71. The fourth-order valence-electron chi connectivity index (χ4n) is 3.31. The summed E-state index contributed by atoms with van der Waals surface area (Å²) in [6, 6.07) is 9.68. The van der Waals surface area contributed by atoms with Gasteiger partial charge in [-0.1, -0.05) is 51.9 Å². The molecule has 0 fully saturated rings. The van der Waals surface area contributed by atoms with E-state index in [4.69, 9.17) is 14.2 Å². The molecule has 2 N–H and O–H groups in total. The zero-order valence-electron chi connectivity index (χ0n) is 24.8. The lowest BCUT2D eigenvalue weighted by Gasteiger charge is -2.23. The first-order chi connectivity index (χ1) is 19.4. The van der Waals surface area contributed by atoms with Crippen molar-refractivity contribution in [3.05, 3.63) is 35.9 Å². The van der Waals surface area contributed by atoms with Crippen molar-refractivity contribution in [2.75, 3.05) is 36.7 Å². The summed E-state index contributed by atoms with van der Waals surface area (Å²) in [6.07, 6.45) is 0.850. The first-order valence-electron chi connectivity index (χ1n) is 13.5. The number of carbonyl (C=O) groups excluding carboxylic acids is 4. The molecular formula is C28H44N2O8S3. The number of amides is 2. The molecule has 0 aromatic heterocycles. The number of nitrogens with one attached hydrogen (secondary N) is 2. The Morgan fingerprint density at radius 1 is 1.00 bits per heavy atom. The minimum Gasteiger partial charge on any atom is -0.444 e. The van der Waals surface area contributed by atoms with Gasteiger partial charge in [-0.2, -0.15) is 11.8 Å². The van der Waals surface area contributed by atoms with Gasteiger partial charge in [0.05, 0.1) is 18.9 Å². The van der Waals surface area contributed by atoms with Crippen molar-refractivity contribution >= 4 is 57.5 Å². The Bertz CT molecular complexity index is 931. The first kappa shape index (κ1) is 36.8. The van der Waals surface area contributed by atoms with Gasteiger partial charge in [0, 0.05) is 31.0 Å². The SMILES string of the molecule is CCOC(=O)OC(C)OC(=O)CCNC(=O)[C@@H](CSSC[C@H](CCSC)NC(=O)OC(C)(C)C)Cc1ccccc1. The fraction of sp³-hybridized carbons (Fsp3) is 0.643. The number of benzene rings is 1. The lowest BCUT2D eigenvalue weighted by molar-refractivity contribution is -0.167. The van der Waals surface area contributed by atoms with Gasteiger partial charge in [0.25, 0.3) is 0 Å². The quantitative estimate of drug-likeness (QED) is 0.0705. The fourth-order valence-corrected chi connectivity index (χ4v) is 6.43. The van der Waals surface area contributed by atoms with Crippen LogP contribution in [-0.4, -0.2) is 78.7 Å². The van der Waals surface area contributed by atoms with Crippen LogP contribution in [0.4, 0.5) is 9.59 Å². The van der Waals surface area contributed by atoms with Crippen LogP contribution in [0.5, 0.6) is 0 Å². The van der Waals surface area contributed by atoms with E-state index in [9.17, 15) is 19.2 Å². The maximum atomic E-state index is 13.1. The zero-order valence-corrected chi connectivity index (χ0v) is 27.2. The summed E-state index contributed by atoms with van der Waals surface area (Å²) in [6.45, 7) is 8.77. The normalized spacial score (nSPS) is 13.3. The van der Waals surface area contributed by atoms with Gasteiger partial charge in [-0.15, -0.1) is 0 Å². The largest absolute Gasteiger partial charge is 0.511 e. The molecule has 0 aliphatic heterocycles. The Kier molecular flexibility index (Phi) is 18.5. The predicted octanol–water partition coefficient (Wildman–Crippen LogP) is 5.44. The van der Waals surface area contributed by atoms with E-state index in [0.717, 1.165) is 17.7 Å². The van der Waals surface area contributed by atoms with Crippen LogP contribution in [0.2, 0.25) is 0 Å². The molecule has 3 atom stereocenters. The molecule has 13 heteroatoms. The van der Waals surface area contributed by atoms with Gasteiger partial charge in [0.1, 0.15) is 5.60 Å². The second-order valence-electron chi connectivity index (χ2n) is 9.98. The van der Waals surface area contributed by atoms with Gasteiger partial charge in [-0.05, 0) is 58.1 Å². The second kappa shape index (κ2) is 20.6. The van der Waals surface area contributed by atoms with E-state index in [1.54, 1.807) is 40.3 Å². The van der Waals surface area contributed by atoms with E-state index in [-0.39, 0.29) is 37.4 Å². The molecular weight excluding hydrogens is 589 g/mol. The monoisotopic (exact) mass is 632 g/mol. The summed E-state index contributed by atoms with van der Waals surface area (Å²) in [5, 5.41) is 5.78. The van der Waals surface area contributed by atoms with Gasteiger partial charge in [0.2, 0.25) is 12.2 Å². The van der Waals surface area contributed by atoms with Gasteiger partial charge in [-0.25, -0.2) is 9.59 Å². The highest BCUT2D eigenvalue weighted by Crippen LogP contribution is 2.27. The molecule has 10 nitrogen and oxygen atoms in total. The number of hydrogen-bond acceptors (Lipinski definition) is 11. The maximum Gasteiger partial charge on any atom is 0.511 e. The molecule has 1 unspecified atom stereocenters. The molecule has 1 aromatic rings. The third-order valence-corrected chi connectivity index (χ3v) is 8.36. The summed E-state index contributed by atoms with van der Waals surface area (Å²) in [4.78, 5) is 48.8. The molecule has 0 aliphatic rings. The number of rotatable bonds is 18. The number of thioether (sulfide) groups is 1. The van der Waals surface area contributed by atoms with Crippen LogP contribution in [0, 0.1) is 5.92 Å². The van der Waals surface area contributed by atoms with E-state index in [0.29, 0.717) is 17.9 Å². The average molecular weight is 633 g/mol. The highest BCUT2D eigenvalue weighted by molar-refractivity contribution is 8.76. The Morgan fingerprint density at radius 2 is 1.68 bits per heavy atom. The minimum absolute atomic E-state index is 0.0580. The Morgan fingerprint density at radius 3 is 2.32 bits per heavy atom. The number of carbonyl (C=O) groups is 4. The van der Waals surface area contributed by atoms with Crippen molar-refractivity contribution in [3.8, 4) is 0 Å².